The highest BCUT2D eigenvalue weighted by atomic mass is 35.5. The molecule has 0 fully saturated rings. The molecule has 2 aromatic rings. The molecule has 0 spiro atoms. The average molecular weight is 319 g/mol. The molecule has 0 aliphatic heterocycles. The molecule has 5 heteroatoms. The fourth-order valence-corrected chi connectivity index (χ4v) is 2.37. The maximum Gasteiger partial charge on any atom is 0.128 e. The van der Waals surface area contributed by atoms with Gasteiger partial charge in [0.2, 0.25) is 0 Å². The summed E-state index contributed by atoms with van der Waals surface area (Å²) < 4.78 is 13.7. The molecule has 0 aromatic heterocycles. The Morgan fingerprint density at radius 2 is 1.63 bits per heavy atom. The van der Waals surface area contributed by atoms with Crippen molar-refractivity contribution in [2.45, 2.75) is 13.0 Å². The van der Waals surface area contributed by atoms with Gasteiger partial charge in [-0.3, -0.25) is 0 Å². The molecule has 2 rings (SSSR count). The molecule has 1 unspecified atom stereocenters. The molecule has 0 saturated heterocycles. The Morgan fingerprint density at radius 3 is 2.32 bits per heavy atom. The maximum absolute atomic E-state index is 13.7. The lowest BCUT2D eigenvalue weighted by atomic mass is 10.1. The highest BCUT2D eigenvalue weighted by molar-refractivity contribution is 6.44. The first-order valence-electron chi connectivity index (χ1n) is 5.64. The lowest BCUT2D eigenvalue weighted by Crippen LogP contribution is -2.08. The second-order valence-corrected chi connectivity index (χ2v) is 5.36. The number of benzene rings is 2. The summed E-state index contributed by atoms with van der Waals surface area (Å²) in [4.78, 5) is 0. The van der Waals surface area contributed by atoms with Gasteiger partial charge in [-0.15, -0.1) is 0 Å². The summed E-state index contributed by atoms with van der Waals surface area (Å²) in [5, 5.41) is 4.34. The van der Waals surface area contributed by atoms with Crippen molar-refractivity contribution in [1.29, 1.82) is 0 Å². The van der Waals surface area contributed by atoms with Gasteiger partial charge in [-0.25, -0.2) is 4.39 Å². The van der Waals surface area contributed by atoms with E-state index < -0.39 is 0 Å². The Bertz CT molecular complexity index is 601. The van der Waals surface area contributed by atoms with Gasteiger partial charge in [0.25, 0.3) is 0 Å². The van der Waals surface area contributed by atoms with Crippen molar-refractivity contribution in [3.63, 3.8) is 0 Å². The summed E-state index contributed by atoms with van der Waals surface area (Å²) in [6.45, 7) is 1.84. The lowest BCUT2D eigenvalue weighted by Gasteiger charge is -2.18. The molecule has 0 bridgehead atoms. The van der Waals surface area contributed by atoms with Gasteiger partial charge >= 0.3 is 0 Å². The number of anilines is 1. The molecule has 1 nitrogen and oxygen atoms in total. The van der Waals surface area contributed by atoms with Crippen molar-refractivity contribution in [3.05, 3.63) is 62.8 Å². The summed E-state index contributed by atoms with van der Waals surface area (Å²) in [5.41, 5.74) is 1.18. The molecule has 1 atom stereocenters. The van der Waals surface area contributed by atoms with Gasteiger partial charge in [0.1, 0.15) is 5.82 Å². The van der Waals surface area contributed by atoms with E-state index in [1.165, 1.54) is 6.07 Å². The van der Waals surface area contributed by atoms with Crippen molar-refractivity contribution in [2.75, 3.05) is 5.32 Å². The van der Waals surface area contributed by atoms with E-state index in [1.54, 1.807) is 30.3 Å². The molecule has 0 amide bonds. The van der Waals surface area contributed by atoms with Gasteiger partial charge in [0.05, 0.1) is 26.8 Å². The van der Waals surface area contributed by atoms with E-state index in [-0.39, 0.29) is 11.9 Å². The van der Waals surface area contributed by atoms with Crippen LogP contribution in [0.25, 0.3) is 0 Å². The van der Waals surface area contributed by atoms with Crippen LogP contribution >= 0.6 is 34.8 Å². The topological polar surface area (TPSA) is 12.0 Å². The van der Waals surface area contributed by atoms with E-state index in [9.17, 15) is 4.39 Å². The first-order valence-corrected chi connectivity index (χ1v) is 6.78. The highest BCUT2D eigenvalue weighted by Crippen LogP contribution is 2.34. The van der Waals surface area contributed by atoms with Crippen LogP contribution in [0.15, 0.2) is 36.4 Å². The SMILES string of the molecule is CC(Nc1cc(Cl)c(Cl)cc1Cl)c1ccccc1F. The third-order valence-electron chi connectivity index (χ3n) is 2.75. The zero-order valence-corrected chi connectivity index (χ0v) is 12.3. The molecule has 100 valence electrons. The number of rotatable bonds is 3. The van der Waals surface area contributed by atoms with Crippen LogP contribution in [0, 0.1) is 5.82 Å². The fourth-order valence-electron chi connectivity index (χ4n) is 1.77. The minimum Gasteiger partial charge on any atom is -0.377 e. The Labute approximate surface area is 126 Å². The van der Waals surface area contributed by atoms with Crippen molar-refractivity contribution < 1.29 is 4.39 Å². The molecular weight excluding hydrogens is 308 g/mol. The van der Waals surface area contributed by atoms with Crippen molar-refractivity contribution in [1.82, 2.24) is 0 Å². The number of halogens is 4. The standard InChI is InChI=1S/C14H11Cl3FN/c1-8(9-4-2-3-5-13(9)18)19-14-7-11(16)10(15)6-12(14)17/h2-8,19H,1H3. The first-order chi connectivity index (χ1) is 8.99. The highest BCUT2D eigenvalue weighted by Gasteiger charge is 2.13. The van der Waals surface area contributed by atoms with Gasteiger partial charge in [0, 0.05) is 5.56 Å². The predicted molar refractivity (Wildman–Crippen MR) is 79.9 cm³/mol. The van der Waals surface area contributed by atoms with Crippen LogP contribution in [0.4, 0.5) is 10.1 Å². The Kier molecular flexibility index (Phi) is 4.56. The van der Waals surface area contributed by atoms with E-state index in [2.05, 4.69) is 5.32 Å². The normalized spacial score (nSPS) is 12.3. The van der Waals surface area contributed by atoms with Crippen LogP contribution in [0.1, 0.15) is 18.5 Å². The molecule has 0 saturated carbocycles. The smallest absolute Gasteiger partial charge is 0.128 e. The number of hydrogen-bond donors (Lipinski definition) is 1. The molecule has 0 aliphatic rings. The van der Waals surface area contributed by atoms with Crippen molar-refractivity contribution in [2.24, 2.45) is 0 Å². The maximum atomic E-state index is 13.7. The Morgan fingerprint density at radius 1 is 1.00 bits per heavy atom. The molecular formula is C14H11Cl3FN. The molecule has 0 aliphatic carbocycles. The quantitative estimate of drug-likeness (QED) is 0.689. The molecule has 0 radical (unpaired) electrons. The van der Waals surface area contributed by atoms with E-state index in [0.717, 1.165) is 0 Å². The van der Waals surface area contributed by atoms with Crippen LogP contribution in [-0.2, 0) is 0 Å². The van der Waals surface area contributed by atoms with E-state index in [4.69, 9.17) is 34.8 Å². The van der Waals surface area contributed by atoms with Crippen LogP contribution < -0.4 is 5.32 Å². The second-order valence-electron chi connectivity index (χ2n) is 4.13. The monoisotopic (exact) mass is 317 g/mol. The molecule has 2 aromatic carbocycles. The number of hydrogen-bond acceptors (Lipinski definition) is 1. The summed E-state index contributed by atoms with van der Waals surface area (Å²) in [5.74, 6) is -0.265. The summed E-state index contributed by atoms with van der Waals surface area (Å²) in [6, 6.07) is 9.52. The van der Waals surface area contributed by atoms with Crippen LogP contribution in [0.3, 0.4) is 0 Å². The van der Waals surface area contributed by atoms with E-state index >= 15 is 0 Å². The molecule has 19 heavy (non-hydrogen) atoms. The van der Waals surface area contributed by atoms with Gasteiger partial charge in [-0.05, 0) is 25.1 Å². The fraction of sp³-hybridized carbons (Fsp3) is 0.143. The van der Waals surface area contributed by atoms with Gasteiger partial charge in [-0.2, -0.15) is 0 Å². The van der Waals surface area contributed by atoms with Crippen LogP contribution in [0.5, 0.6) is 0 Å². The minimum atomic E-state index is -0.265. The third kappa shape index (κ3) is 3.33. The van der Waals surface area contributed by atoms with Crippen molar-refractivity contribution in [3.8, 4) is 0 Å². The lowest BCUT2D eigenvalue weighted by molar-refractivity contribution is 0.600. The van der Waals surface area contributed by atoms with Gasteiger partial charge in [0.15, 0.2) is 0 Å². The number of nitrogens with one attached hydrogen (secondary N) is 1. The summed E-state index contributed by atoms with van der Waals surface area (Å²) >= 11 is 17.9. The Balaban J connectivity index is 2.27. The van der Waals surface area contributed by atoms with Gasteiger partial charge < -0.3 is 5.32 Å². The zero-order valence-electron chi connectivity index (χ0n) is 10.1. The minimum absolute atomic E-state index is 0.240. The van der Waals surface area contributed by atoms with Gasteiger partial charge in [-0.1, -0.05) is 53.0 Å². The summed E-state index contributed by atoms with van der Waals surface area (Å²) in [6.07, 6.45) is 0. The Hall–Kier alpha value is -0.960. The van der Waals surface area contributed by atoms with Crippen molar-refractivity contribution >= 4 is 40.5 Å². The average Bonchev–Trinajstić information content (AvgIpc) is 2.36. The molecule has 1 N–H and O–H groups in total. The summed E-state index contributed by atoms with van der Waals surface area (Å²) in [7, 11) is 0. The third-order valence-corrected chi connectivity index (χ3v) is 3.79. The first kappa shape index (κ1) is 14.4. The van der Waals surface area contributed by atoms with E-state index in [1.807, 2.05) is 6.92 Å². The second kappa shape index (κ2) is 6.00. The van der Waals surface area contributed by atoms with E-state index in [0.29, 0.717) is 26.3 Å². The van der Waals surface area contributed by atoms with Crippen LogP contribution in [0.2, 0.25) is 15.1 Å². The zero-order chi connectivity index (χ0) is 14.0. The van der Waals surface area contributed by atoms with Crippen LogP contribution in [-0.4, -0.2) is 0 Å². The molecule has 0 heterocycles. The predicted octanol–water partition coefficient (Wildman–Crippen LogP) is 5.96. The largest absolute Gasteiger partial charge is 0.377 e.